The Bertz CT molecular complexity index is 602. The summed E-state index contributed by atoms with van der Waals surface area (Å²) in [5, 5.41) is 3.36. The zero-order valence-corrected chi connectivity index (χ0v) is 13.3. The van der Waals surface area contributed by atoms with E-state index in [2.05, 4.69) is 26.2 Å². The second kappa shape index (κ2) is 6.61. The minimum atomic E-state index is 0.649. The zero-order valence-electron chi connectivity index (χ0n) is 11.7. The highest BCUT2D eigenvalue weighted by Gasteiger charge is 2.08. The molecule has 2 aromatic rings. The molecule has 4 nitrogen and oxygen atoms in total. The fraction of sp³-hybridized carbons (Fsp3) is 0.267. The summed E-state index contributed by atoms with van der Waals surface area (Å²) in [4.78, 5) is 4.39. The fourth-order valence-corrected chi connectivity index (χ4v) is 2.29. The number of hydrogen-bond acceptors (Lipinski definition) is 4. The Kier molecular flexibility index (Phi) is 4.84. The third-order valence-corrected chi connectivity index (χ3v) is 3.40. The van der Waals surface area contributed by atoms with Gasteiger partial charge >= 0.3 is 0 Å². The number of pyridine rings is 1. The van der Waals surface area contributed by atoms with Crippen LogP contribution in [0.3, 0.4) is 0 Å². The molecule has 0 aliphatic rings. The molecular formula is C15H17BrN2O2. The van der Waals surface area contributed by atoms with Crippen molar-refractivity contribution in [2.24, 2.45) is 0 Å². The number of halogens is 1. The number of nitrogens with zero attached hydrogens (tertiary/aromatic N) is 1. The number of nitrogens with one attached hydrogen (secondary N) is 1. The molecule has 0 saturated carbocycles. The third-order valence-electron chi connectivity index (χ3n) is 2.96. The van der Waals surface area contributed by atoms with Gasteiger partial charge in [-0.1, -0.05) is 6.07 Å². The second-order valence-corrected chi connectivity index (χ2v) is 5.14. The number of hydrogen-bond donors (Lipinski definition) is 1. The second-order valence-electron chi connectivity index (χ2n) is 4.33. The fourth-order valence-electron chi connectivity index (χ4n) is 1.91. The summed E-state index contributed by atoms with van der Waals surface area (Å²) in [6.07, 6.45) is 0. The molecule has 0 radical (unpaired) electrons. The lowest BCUT2D eigenvalue weighted by Crippen LogP contribution is -2.04. The van der Waals surface area contributed by atoms with Crippen molar-refractivity contribution in [2.75, 3.05) is 19.5 Å². The molecule has 1 N–H and O–H groups in total. The Balaban J connectivity index is 2.17. The van der Waals surface area contributed by atoms with Gasteiger partial charge in [-0.25, -0.2) is 4.98 Å². The van der Waals surface area contributed by atoms with Gasteiger partial charge < -0.3 is 14.8 Å². The van der Waals surface area contributed by atoms with Crippen molar-refractivity contribution in [3.63, 3.8) is 0 Å². The molecule has 0 aliphatic heterocycles. The molecule has 0 spiro atoms. The summed E-state index contributed by atoms with van der Waals surface area (Å²) in [5.41, 5.74) is 3.07. The summed E-state index contributed by atoms with van der Waals surface area (Å²) < 4.78 is 11.4. The largest absolute Gasteiger partial charge is 0.493 e. The highest BCUT2D eigenvalue weighted by molar-refractivity contribution is 9.10. The Labute approximate surface area is 127 Å². The van der Waals surface area contributed by atoms with Gasteiger partial charge in [0.25, 0.3) is 0 Å². The van der Waals surface area contributed by atoms with Crippen molar-refractivity contribution in [1.82, 2.24) is 4.98 Å². The molecule has 0 unspecified atom stereocenters. The first-order valence-corrected chi connectivity index (χ1v) is 7.01. The maximum atomic E-state index is 5.31. The van der Waals surface area contributed by atoms with Crippen molar-refractivity contribution in [1.29, 1.82) is 0 Å². The van der Waals surface area contributed by atoms with Crippen LogP contribution in [0.1, 0.15) is 11.3 Å². The first-order chi connectivity index (χ1) is 9.63. The number of aromatic nitrogens is 1. The normalized spacial score (nSPS) is 10.2. The van der Waals surface area contributed by atoms with E-state index in [-0.39, 0.29) is 0 Å². The van der Waals surface area contributed by atoms with Gasteiger partial charge in [-0.3, -0.25) is 0 Å². The molecule has 0 fully saturated rings. The predicted molar refractivity (Wildman–Crippen MR) is 83.5 cm³/mol. The molecule has 106 valence electrons. The van der Waals surface area contributed by atoms with E-state index in [1.54, 1.807) is 14.2 Å². The lowest BCUT2D eigenvalue weighted by atomic mass is 10.1. The first kappa shape index (κ1) is 14.7. The van der Waals surface area contributed by atoms with Crippen LogP contribution in [0, 0.1) is 6.92 Å². The van der Waals surface area contributed by atoms with Gasteiger partial charge in [0.2, 0.25) is 0 Å². The summed E-state index contributed by atoms with van der Waals surface area (Å²) in [6, 6.07) is 9.75. The van der Waals surface area contributed by atoms with E-state index in [4.69, 9.17) is 9.47 Å². The van der Waals surface area contributed by atoms with E-state index in [1.165, 1.54) is 0 Å². The standard InChI is InChI=1S/C15H17BrN2O2/c1-10-7-13(19-2)14(20-3)8-12(10)17-9-11-5-4-6-15(16)18-11/h4-8,17H,9H2,1-3H3. The summed E-state index contributed by atoms with van der Waals surface area (Å²) in [7, 11) is 3.27. The van der Waals surface area contributed by atoms with E-state index in [0.29, 0.717) is 12.3 Å². The van der Waals surface area contributed by atoms with Gasteiger partial charge in [-0.15, -0.1) is 0 Å². The van der Waals surface area contributed by atoms with Gasteiger partial charge in [0.1, 0.15) is 4.60 Å². The van der Waals surface area contributed by atoms with Gasteiger partial charge in [-0.05, 0) is 46.6 Å². The average molecular weight is 337 g/mol. The van der Waals surface area contributed by atoms with Crippen LogP contribution in [-0.4, -0.2) is 19.2 Å². The molecule has 2 rings (SSSR count). The van der Waals surface area contributed by atoms with E-state index < -0.39 is 0 Å². The summed E-state index contributed by atoms with van der Waals surface area (Å²) in [5.74, 6) is 1.44. The van der Waals surface area contributed by atoms with Crippen molar-refractivity contribution in [3.8, 4) is 11.5 Å². The Morgan fingerprint density at radius 2 is 1.85 bits per heavy atom. The van der Waals surface area contributed by atoms with Crippen molar-refractivity contribution in [2.45, 2.75) is 13.5 Å². The minimum Gasteiger partial charge on any atom is -0.493 e. The maximum absolute atomic E-state index is 5.31. The van der Waals surface area contributed by atoms with Crippen LogP contribution in [0.5, 0.6) is 11.5 Å². The zero-order chi connectivity index (χ0) is 14.5. The van der Waals surface area contributed by atoms with Gasteiger partial charge in [0.15, 0.2) is 11.5 Å². The number of methoxy groups -OCH3 is 2. The molecule has 1 aromatic carbocycles. The van der Waals surface area contributed by atoms with Gasteiger partial charge in [0, 0.05) is 11.8 Å². The number of ether oxygens (including phenoxy) is 2. The highest BCUT2D eigenvalue weighted by Crippen LogP contribution is 2.33. The number of rotatable bonds is 5. The average Bonchev–Trinajstić information content (AvgIpc) is 2.45. The van der Waals surface area contributed by atoms with E-state index in [9.17, 15) is 0 Å². The molecule has 1 aromatic heterocycles. The van der Waals surface area contributed by atoms with Crippen LogP contribution < -0.4 is 14.8 Å². The van der Waals surface area contributed by atoms with Crippen LogP contribution in [0.25, 0.3) is 0 Å². The van der Waals surface area contributed by atoms with Crippen molar-refractivity contribution < 1.29 is 9.47 Å². The minimum absolute atomic E-state index is 0.649. The van der Waals surface area contributed by atoms with Gasteiger partial charge in [0.05, 0.1) is 26.5 Å². The topological polar surface area (TPSA) is 43.4 Å². The molecule has 0 aliphatic carbocycles. The molecule has 5 heteroatoms. The predicted octanol–water partition coefficient (Wildman–Crippen LogP) is 3.78. The Morgan fingerprint density at radius 3 is 2.50 bits per heavy atom. The quantitative estimate of drug-likeness (QED) is 0.844. The van der Waals surface area contributed by atoms with Crippen molar-refractivity contribution >= 4 is 21.6 Å². The van der Waals surface area contributed by atoms with Gasteiger partial charge in [-0.2, -0.15) is 0 Å². The highest BCUT2D eigenvalue weighted by atomic mass is 79.9. The molecule has 0 amide bonds. The monoisotopic (exact) mass is 336 g/mol. The SMILES string of the molecule is COc1cc(C)c(NCc2cccc(Br)n2)cc1OC. The molecule has 1 heterocycles. The lowest BCUT2D eigenvalue weighted by Gasteiger charge is -2.14. The first-order valence-electron chi connectivity index (χ1n) is 6.22. The van der Waals surface area contributed by atoms with Crippen molar-refractivity contribution in [3.05, 3.63) is 46.2 Å². The van der Waals surface area contributed by atoms with Crippen LogP contribution in [-0.2, 0) is 6.54 Å². The summed E-state index contributed by atoms with van der Waals surface area (Å²) in [6.45, 7) is 2.67. The van der Waals surface area contributed by atoms with Crippen LogP contribution in [0.4, 0.5) is 5.69 Å². The maximum Gasteiger partial charge on any atom is 0.162 e. The van der Waals surface area contributed by atoms with Crippen LogP contribution in [0.2, 0.25) is 0 Å². The lowest BCUT2D eigenvalue weighted by molar-refractivity contribution is 0.355. The third kappa shape index (κ3) is 3.42. The van der Waals surface area contributed by atoms with E-state index in [1.807, 2.05) is 37.3 Å². The Hall–Kier alpha value is -1.75. The number of benzene rings is 1. The van der Waals surface area contributed by atoms with E-state index in [0.717, 1.165) is 27.3 Å². The molecular weight excluding hydrogens is 320 g/mol. The molecule has 20 heavy (non-hydrogen) atoms. The molecule has 0 atom stereocenters. The smallest absolute Gasteiger partial charge is 0.162 e. The summed E-state index contributed by atoms with van der Waals surface area (Å²) >= 11 is 3.37. The molecule has 0 bridgehead atoms. The molecule has 0 saturated heterocycles. The number of anilines is 1. The van der Waals surface area contributed by atoms with Crippen LogP contribution in [0.15, 0.2) is 34.9 Å². The van der Waals surface area contributed by atoms with E-state index >= 15 is 0 Å². The number of aryl methyl sites for hydroxylation is 1. The Morgan fingerprint density at radius 1 is 1.15 bits per heavy atom. The van der Waals surface area contributed by atoms with Crippen LogP contribution >= 0.6 is 15.9 Å².